The number of nitrogens with zero attached hydrogens (tertiary/aromatic N) is 1. The Morgan fingerprint density at radius 1 is 0.892 bits per heavy atom. The van der Waals surface area contributed by atoms with Crippen LogP contribution in [-0.2, 0) is 37.4 Å². The van der Waals surface area contributed by atoms with Crippen LogP contribution in [0.4, 0.5) is 13.2 Å². The molecular weight excluding hydrogens is 535 g/mol. The Labute approximate surface area is 214 Å². The first-order valence-corrected chi connectivity index (χ1v) is 14.1. The number of hydrogen-bond donors (Lipinski definition) is 0. The largest absolute Gasteiger partial charge is 0.534 e. The number of halogens is 3. The van der Waals surface area contributed by atoms with Gasteiger partial charge in [-0.15, -0.1) is 0 Å². The number of allylic oxidation sites excluding steroid dienone is 2. The first-order chi connectivity index (χ1) is 17.2. The third-order valence-electron chi connectivity index (χ3n) is 5.92. The first kappa shape index (κ1) is 28.8. The maximum Gasteiger partial charge on any atom is 0.534 e. The molecule has 13 heteroatoms. The molecule has 37 heavy (non-hydrogen) atoms. The fourth-order valence-corrected chi connectivity index (χ4v) is 5.95. The summed E-state index contributed by atoms with van der Waals surface area (Å²) in [6.07, 6.45) is 1.20. The Balaban J connectivity index is 1.76. The zero-order chi connectivity index (χ0) is 27.4. The molecule has 0 radical (unpaired) electrons. The van der Waals surface area contributed by atoms with Crippen LogP contribution in [0.25, 0.3) is 0 Å². The highest BCUT2D eigenvalue weighted by Gasteiger charge is 2.49. The summed E-state index contributed by atoms with van der Waals surface area (Å²) in [6.45, 7) is 1.69. The highest BCUT2D eigenvalue weighted by Crippen LogP contribution is 2.37. The minimum absolute atomic E-state index is 0.0847. The summed E-state index contributed by atoms with van der Waals surface area (Å²) < 4.78 is 103. The molecule has 0 unspecified atom stereocenters. The van der Waals surface area contributed by atoms with Gasteiger partial charge in [-0.3, -0.25) is 0 Å². The van der Waals surface area contributed by atoms with Gasteiger partial charge < -0.3 is 13.7 Å². The smallest absolute Gasteiger partial charge is 0.497 e. The van der Waals surface area contributed by atoms with Crippen LogP contribution in [0, 0.1) is 5.92 Å². The number of alkyl halides is 3. The van der Waals surface area contributed by atoms with Crippen molar-refractivity contribution < 1.29 is 43.7 Å². The second-order valence-electron chi connectivity index (χ2n) is 8.64. The van der Waals surface area contributed by atoms with E-state index in [1.54, 1.807) is 48.5 Å². The van der Waals surface area contributed by atoms with Gasteiger partial charge in [-0.2, -0.15) is 25.9 Å². The monoisotopic (exact) mass is 563 g/mol. The maximum absolute atomic E-state index is 13.6. The molecule has 0 bridgehead atoms. The quantitative estimate of drug-likeness (QED) is 0.275. The molecule has 0 spiro atoms. The molecule has 0 aliphatic heterocycles. The van der Waals surface area contributed by atoms with Crippen LogP contribution in [0.2, 0.25) is 0 Å². The standard InChI is InChI=1S/C24H28F3NO7S2/c1-17(12-20-13-23(14-20)35-37(31,32)24(25,26)27)36(29,30)28(15-18-4-8-21(33-2)9-5-18)16-19-6-10-22(34-3)11-7-19/h4-11,13,17,20H,12,14-16H2,1-3H3/t17-,20+/m0/s1. The van der Waals surface area contributed by atoms with Crippen molar-refractivity contribution in [2.45, 2.75) is 43.6 Å². The fraction of sp³-hybridized carbons (Fsp3) is 0.417. The lowest BCUT2D eigenvalue weighted by molar-refractivity contribution is -0.0527. The zero-order valence-electron chi connectivity index (χ0n) is 20.4. The SMILES string of the molecule is COc1ccc(CN(Cc2ccc(OC)cc2)S(=O)(=O)[C@@H](C)C[C@@H]2C=C(OS(=O)(=O)C(F)(F)F)C2)cc1. The van der Waals surface area contributed by atoms with E-state index in [0.29, 0.717) is 11.5 Å². The molecule has 0 amide bonds. The summed E-state index contributed by atoms with van der Waals surface area (Å²) in [7, 11) is -6.56. The van der Waals surface area contributed by atoms with Gasteiger partial charge >= 0.3 is 15.6 Å². The molecule has 0 heterocycles. The van der Waals surface area contributed by atoms with E-state index >= 15 is 0 Å². The van der Waals surface area contributed by atoms with E-state index in [-0.39, 0.29) is 31.7 Å². The van der Waals surface area contributed by atoms with E-state index in [0.717, 1.165) is 11.1 Å². The predicted molar refractivity (Wildman–Crippen MR) is 130 cm³/mol. The van der Waals surface area contributed by atoms with Gasteiger partial charge in [0.05, 0.1) is 19.5 Å². The van der Waals surface area contributed by atoms with E-state index < -0.39 is 36.8 Å². The third-order valence-corrected chi connectivity index (χ3v) is 9.11. The minimum atomic E-state index is -5.74. The van der Waals surface area contributed by atoms with Gasteiger partial charge in [0.15, 0.2) is 0 Å². The lowest BCUT2D eigenvalue weighted by atomic mass is 9.89. The third kappa shape index (κ3) is 7.17. The van der Waals surface area contributed by atoms with Crippen molar-refractivity contribution in [3.63, 3.8) is 0 Å². The van der Waals surface area contributed by atoms with Crippen molar-refractivity contribution in [3.05, 3.63) is 71.5 Å². The van der Waals surface area contributed by atoms with Crippen LogP contribution in [0.3, 0.4) is 0 Å². The van der Waals surface area contributed by atoms with Crippen molar-refractivity contribution in [2.24, 2.45) is 5.92 Å². The number of sulfonamides is 1. The number of rotatable bonds is 12. The maximum atomic E-state index is 13.6. The normalized spacial score (nSPS) is 17.1. The topological polar surface area (TPSA) is 99.2 Å². The Bertz CT molecular complexity index is 1260. The summed E-state index contributed by atoms with van der Waals surface area (Å²) >= 11 is 0. The van der Waals surface area contributed by atoms with Crippen molar-refractivity contribution >= 4 is 20.1 Å². The highest BCUT2D eigenvalue weighted by atomic mass is 32.2. The molecule has 3 rings (SSSR count). The van der Waals surface area contributed by atoms with Gasteiger partial charge in [0.2, 0.25) is 10.0 Å². The van der Waals surface area contributed by atoms with Crippen LogP contribution in [0.5, 0.6) is 11.5 Å². The van der Waals surface area contributed by atoms with Crippen LogP contribution in [0.15, 0.2) is 60.4 Å². The highest BCUT2D eigenvalue weighted by molar-refractivity contribution is 7.89. The molecular formula is C24H28F3NO7S2. The van der Waals surface area contributed by atoms with Crippen molar-refractivity contribution in [2.75, 3.05) is 14.2 Å². The second kappa shape index (κ2) is 11.3. The van der Waals surface area contributed by atoms with Crippen molar-refractivity contribution in [1.29, 1.82) is 0 Å². The fourth-order valence-electron chi connectivity index (χ4n) is 3.80. The Kier molecular flexibility index (Phi) is 8.81. The van der Waals surface area contributed by atoms with E-state index in [2.05, 4.69) is 4.18 Å². The molecule has 0 N–H and O–H groups in total. The van der Waals surface area contributed by atoms with E-state index in [1.165, 1.54) is 31.5 Å². The van der Waals surface area contributed by atoms with Gasteiger partial charge in [-0.25, -0.2) is 8.42 Å². The lowest BCUT2D eigenvalue weighted by Crippen LogP contribution is -2.38. The molecule has 1 aliphatic carbocycles. The number of benzene rings is 2. The molecule has 0 fully saturated rings. The molecule has 204 valence electrons. The van der Waals surface area contributed by atoms with Gasteiger partial charge in [0.1, 0.15) is 17.3 Å². The van der Waals surface area contributed by atoms with Crippen LogP contribution >= 0.6 is 0 Å². The van der Waals surface area contributed by atoms with Gasteiger partial charge in [0, 0.05) is 19.5 Å². The van der Waals surface area contributed by atoms with Crippen LogP contribution < -0.4 is 9.47 Å². The van der Waals surface area contributed by atoms with Gasteiger partial charge in [-0.1, -0.05) is 24.3 Å². The van der Waals surface area contributed by atoms with Gasteiger partial charge in [-0.05, 0) is 60.7 Å². The molecule has 1 aliphatic rings. The number of ether oxygens (including phenoxy) is 2. The minimum Gasteiger partial charge on any atom is -0.497 e. The summed E-state index contributed by atoms with van der Waals surface area (Å²) in [5.41, 5.74) is -4.05. The molecule has 0 saturated carbocycles. The molecule has 8 nitrogen and oxygen atoms in total. The summed E-state index contributed by atoms with van der Waals surface area (Å²) in [5.74, 6) is 0.472. The number of hydrogen-bond acceptors (Lipinski definition) is 7. The zero-order valence-corrected chi connectivity index (χ0v) is 22.1. The Morgan fingerprint density at radius 3 is 1.70 bits per heavy atom. The van der Waals surface area contributed by atoms with Crippen LogP contribution in [-0.4, -0.2) is 46.1 Å². The summed E-state index contributed by atoms with van der Waals surface area (Å²) in [6, 6.07) is 14.0. The Morgan fingerprint density at radius 2 is 1.32 bits per heavy atom. The summed E-state index contributed by atoms with van der Waals surface area (Å²) in [4.78, 5) is 0. The summed E-state index contributed by atoms with van der Waals surface area (Å²) in [5, 5.41) is -0.897. The number of methoxy groups -OCH3 is 2. The van der Waals surface area contributed by atoms with E-state index in [4.69, 9.17) is 9.47 Å². The molecule has 2 atom stereocenters. The average Bonchev–Trinajstić information content (AvgIpc) is 2.82. The van der Waals surface area contributed by atoms with E-state index in [1.807, 2.05) is 0 Å². The van der Waals surface area contributed by atoms with Crippen LogP contribution in [0.1, 0.15) is 30.9 Å². The molecule has 2 aromatic rings. The molecule has 2 aromatic carbocycles. The van der Waals surface area contributed by atoms with E-state index in [9.17, 15) is 30.0 Å². The average molecular weight is 564 g/mol. The van der Waals surface area contributed by atoms with Crippen molar-refractivity contribution in [3.8, 4) is 11.5 Å². The van der Waals surface area contributed by atoms with Crippen molar-refractivity contribution in [1.82, 2.24) is 4.31 Å². The predicted octanol–water partition coefficient (Wildman–Crippen LogP) is 4.58. The molecule has 0 aromatic heterocycles. The first-order valence-electron chi connectivity index (χ1n) is 11.2. The second-order valence-corrected chi connectivity index (χ2v) is 12.5. The lowest BCUT2D eigenvalue weighted by Gasteiger charge is -2.30. The van der Waals surface area contributed by atoms with Gasteiger partial charge in [0.25, 0.3) is 0 Å². The molecule has 0 saturated heterocycles. The Hall–Kier alpha value is -2.77.